The number of halogens is 4. The molecule has 0 aliphatic carbocycles. The fraction of sp³-hybridized carbons (Fsp3) is 1.00. The molecular weight excluding hydrogens is 230 g/mol. The first kappa shape index (κ1) is 12.1. The molecule has 0 bridgehead atoms. The largest absolute Gasteiger partial charge is 0.372 e. The van der Waals surface area contributed by atoms with Crippen LogP contribution in [0.4, 0.5) is 0 Å². The highest BCUT2D eigenvalue weighted by molar-refractivity contribution is 6.56. The number of rotatable bonds is 3. The van der Waals surface area contributed by atoms with E-state index in [1.165, 1.54) is 6.92 Å². The molecule has 5 heteroatoms. The quantitative estimate of drug-likeness (QED) is 0.751. The average molecular weight is 240 g/mol. The van der Waals surface area contributed by atoms with E-state index < -0.39 is 14.8 Å². The molecule has 68 valence electrons. The van der Waals surface area contributed by atoms with E-state index in [-0.39, 0.29) is 0 Å². The van der Waals surface area contributed by atoms with Crippen molar-refractivity contribution >= 4 is 46.4 Å². The monoisotopic (exact) mass is 238 g/mol. The third kappa shape index (κ3) is 2.82. The van der Waals surface area contributed by atoms with Crippen LogP contribution in [0.25, 0.3) is 0 Å². The van der Waals surface area contributed by atoms with Crippen molar-refractivity contribution in [2.24, 2.45) is 0 Å². The van der Waals surface area contributed by atoms with Crippen molar-refractivity contribution in [1.82, 2.24) is 0 Å². The summed E-state index contributed by atoms with van der Waals surface area (Å²) in [4.78, 5) is 0. The van der Waals surface area contributed by atoms with Gasteiger partial charge in [-0.1, -0.05) is 41.7 Å². The Morgan fingerprint density at radius 3 is 1.82 bits per heavy atom. The maximum Gasteiger partial charge on any atom is 0.176 e. The van der Waals surface area contributed by atoms with Gasteiger partial charge in [0.2, 0.25) is 0 Å². The van der Waals surface area contributed by atoms with Crippen LogP contribution in [-0.2, 0) is 0 Å². The lowest BCUT2D eigenvalue weighted by atomic mass is 10.1. The first-order valence-electron chi connectivity index (χ1n) is 3.16. The van der Waals surface area contributed by atoms with E-state index in [2.05, 4.69) is 0 Å². The first-order valence-corrected chi connectivity index (χ1v) is 4.73. The summed E-state index contributed by atoms with van der Waals surface area (Å²) >= 11 is 22.7. The minimum atomic E-state index is -1.71. The van der Waals surface area contributed by atoms with E-state index in [0.29, 0.717) is 6.42 Å². The third-order valence-corrected chi connectivity index (χ3v) is 3.97. The van der Waals surface area contributed by atoms with Crippen LogP contribution in [0.15, 0.2) is 0 Å². The summed E-state index contributed by atoms with van der Waals surface area (Å²) in [7, 11) is 0. The van der Waals surface area contributed by atoms with E-state index in [4.69, 9.17) is 46.4 Å². The zero-order valence-corrected chi connectivity index (χ0v) is 9.27. The predicted molar refractivity (Wildman–Crippen MR) is 50.8 cm³/mol. The second-order valence-corrected chi connectivity index (χ2v) is 5.10. The van der Waals surface area contributed by atoms with Crippen LogP contribution in [0, 0.1) is 0 Å². The zero-order chi connectivity index (χ0) is 9.28. The molecule has 0 spiro atoms. The van der Waals surface area contributed by atoms with Gasteiger partial charge in [-0.3, -0.25) is 0 Å². The number of hydrogen-bond donors (Lipinski definition) is 1. The molecule has 0 amide bonds. The average Bonchev–Trinajstić information content (AvgIpc) is 1.83. The van der Waals surface area contributed by atoms with Gasteiger partial charge in [0.1, 0.15) is 0 Å². The van der Waals surface area contributed by atoms with Crippen LogP contribution in [-0.4, -0.2) is 19.9 Å². The van der Waals surface area contributed by atoms with Crippen LogP contribution in [0.2, 0.25) is 0 Å². The summed E-state index contributed by atoms with van der Waals surface area (Å²) in [6.45, 7) is 3.11. The Hall–Kier alpha value is 1.12. The van der Waals surface area contributed by atoms with Gasteiger partial charge in [0.15, 0.2) is 9.39 Å². The minimum Gasteiger partial charge on any atom is -0.372 e. The minimum absolute atomic E-state index is 0.539. The lowest BCUT2D eigenvalue weighted by Gasteiger charge is -2.33. The van der Waals surface area contributed by atoms with Gasteiger partial charge < -0.3 is 5.11 Å². The first-order chi connectivity index (χ1) is 4.73. The van der Waals surface area contributed by atoms with Gasteiger partial charge in [-0.15, -0.1) is 11.6 Å². The molecule has 0 aromatic rings. The molecule has 0 rings (SSSR count). The van der Waals surface area contributed by atoms with Crippen LogP contribution in [0.3, 0.4) is 0 Å². The van der Waals surface area contributed by atoms with E-state index in [0.717, 1.165) is 0 Å². The van der Waals surface area contributed by atoms with Crippen molar-refractivity contribution in [1.29, 1.82) is 0 Å². The maximum absolute atomic E-state index is 9.26. The molecule has 0 radical (unpaired) electrons. The number of aliphatic hydroxyl groups is 1. The Kier molecular flexibility index (Phi) is 4.28. The molecular formula is C6H10Cl4O. The molecule has 0 aromatic heterocycles. The van der Waals surface area contributed by atoms with E-state index in [1.54, 1.807) is 6.92 Å². The topological polar surface area (TPSA) is 20.2 Å². The summed E-state index contributed by atoms with van der Waals surface area (Å²) in [6, 6.07) is 0. The summed E-state index contributed by atoms with van der Waals surface area (Å²) < 4.78 is -1.52. The van der Waals surface area contributed by atoms with E-state index >= 15 is 0 Å². The number of alkyl halides is 4. The Labute approximate surface area is 86.6 Å². The third-order valence-electron chi connectivity index (χ3n) is 1.36. The highest BCUT2D eigenvalue weighted by Gasteiger charge is 2.48. The van der Waals surface area contributed by atoms with Crippen molar-refractivity contribution < 1.29 is 5.11 Å². The van der Waals surface area contributed by atoms with Crippen molar-refractivity contribution in [2.45, 2.75) is 35.0 Å². The second-order valence-electron chi connectivity index (χ2n) is 2.45. The van der Waals surface area contributed by atoms with Gasteiger partial charge in [-0.05, 0) is 13.3 Å². The lowest BCUT2D eigenvalue weighted by molar-refractivity contribution is 0.127. The fourth-order valence-corrected chi connectivity index (χ4v) is 1.25. The smallest absolute Gasteiger partial charge is 0.176 e. The SMILES string of the molecule is CCC(Cl)C(Cl)(Cl)C(C)(O)Cl. The Bertz CT molecular complexity index is 129. The molecule has 0 aliphatic rings. The van der Waals surface area contributed by atoms with Crippen LogP contribution in [0.5, 0.6) is 0 Å². The van der Waals surface area contributed by atoms with Crippen molar-refractivity contribution in [3.05, 3.63) is 0 Å². The lowest BCUT2D eigenvalue weighted by Crippen LogP contribution is -2.45. The van der Waals surface area contributed by atoms with E-state index in [9.17, 15) is 5.11 Å². The van der Waals surface area contributed by atoms with Crippen molar-refractivity contribution in [2.75, 3.05) is 0 Å². The van der Waals surface area contributed by atoms with Gasteiger partial charge in [0.05, 0.1) is 5.38 Å². The number of hydrogen-bond acceptors (Lipinski definition) is 1. The molecule has 1 N–H and O–H groups in total. The zero-order valence-electron chi connectivity index (χ0n) is 6.24. The van der Waals surface area contributed by atoms with Crippen LogP contribution < -0.4 is 0 Å². The molecule has 0 fully saturated rings. The van der Waals surface area contributed by atoms with Crippen LogP contribution >= 0.6 is 46.4 Å². The van der Waals surface area contributed by atoms with Gasteiger partial charge in [0.25, 0.3) is 0 Å². The molecule has 0 saturated heterocycles. The summed E-state index contributed by atoms with van der Waals surface area (Å²) in [5.41, 5.74) is 0. The van der Waals surface area contributed by atoms with E-state index in [1.807, 2.05) is 0 Å². The fourth-order valence-electron chi connectivity index (χ4n) is 0.542. The predicted octanol–water partition coefficient (Wildman–Crippen LogP) is 3.13. The molecule has 11 heavy (non-hydrogen) atoms. The normalized spacial score (nSPS) is 21.0. The van der Waals surface area contributed by atoms with Crippen molar-refractivity contribution in [3.63, 3.8) is 0 Å². The molecule has 2 unspecified atom stereocenters. The molecule has 0 aliphatic heterocycles. The summed E-state index contributed by atoms with van der Waals surface area (Å²) in [6.07, 6.45) is 0.539. The summed E-state index contributed by atoms with van der Waals surface area (Å²) in [5, 5.41) is 6.98. The molecule has 2 atom stereocenters. The Morgan fingerprint density at radius 1 is 1.36 bits per heavy atom. The molecule has 0 heterocycles. The molecule has 0 aromatic carbocycles. The molecule has 1 nitrogen and oxygen atoms in total. The highest BCUT2D eigenvalue weighted by atomic mass is 35.5. The maximum atomic E-state index is 9.26. The van der Waals surface area contributed by atoms with Gasteiger partial charge in [-0.25, -0.2) is 0 Å². The molecule has 0 saturated carbocycles. The van der Waals surface area contributed by atoms with Gasteiger partial charge >= 0.3 is 0 Å². The van der Waals surface area contributed by atoms with Gasteiger partial charge in [-0.2, -0.15) is 0 Å². The Balaban J connectivity index is 4.45. The van der Waals surface area contributed by atoms with Crippen molar-refractivity contribution in [3.8, 4) is 0 Å². The second kappa shape index (κ2) is 3.89. The van der Waals surface area contributed by atoms with Crippen LogP contribution in [0.1, 0.15) is 20.3 Å². The highest BCUT2D eigenvalue weighted by Crippen LogP contribution is 2.43. The standard InChI is InChI=1S/C6H10Cl4O/c1-3-4(7)6(9,10)5(2,8)11/h4,11H,3H2,1-2H3. The summed E-state index contributed by atoms with van der Waals surface area (Å²) in [5.74, 6) is 0. The van der Waals surface area contributed by atoms with Gasteiger partial charge in [0, 0.05) is 0 Å². The Morgan fingerprint density at radius 2 is 1.73 bits per heavy atom.